The number of rotatable bonds is 5. The minimum Gasteiger partial charge on any atom is -0.268 e. The normalized spacial score (nSPS) is 10.4. The summed E-state index contributed by atoms with van der Waals surface area (Å²) >= 11 is 5.51. The van der Waals surface area contributed by atoms with Gasteiger partial charge in [-0.25, -0.2) is 0 Å². The van der Waals surface area contributed by atoms with E-state index in [0.29, 0.717) is 12.4 Å². The third-order valence-corrected chi connectivity index (χ3v) is 2.17. The van der Waals surface area contributed by atoms with Crippen LogP contribution in [0.2, 0.25) is 0 Å². The Balaban J connectivity index is 2.54. The van der Waals surface area contributed by atoms with Crippen LogP contribution < -0.4 is 11.1 Å². The monoisotopic (exact) mass is 216 g/mol. The van der Waals surface area contributed by atoms with Crippen LogP contribution in [0.4, 0.5) is 0 Å². The Kier molecular flexibility index (Phi) is 4.46. The van der Waals surface area contributed by atoms with Crippen LogP contribution in [-0.4, -0.2) is 15.7 Å². The molecule has 0 unspecified atom stereocenters. The molecule has 0 saturated heterocycles. The van der Waals surface area contributed by atoms with Crippen molar-refractivity contribution in [1.82, 2.24) is 9.78 Å². The van der Waals surface area contributed by atoms with E-state index >= 15 is 0 Å². The molecule has 0 spiro atoms. The maximum absolute atomic E-state index is 11.2. The third kappa shape index (κ3) is 3.38. The molecule has 0 radical (unpaired) electrons. The van der Waals surface area contributed by atoms with Crippen LogP contribution >= 0.6 is 11.6 Å². The topological polar surface area (TPSA) is 54.9 Å². The summed E-state index contributed by atoms with van der Waals surface area (Å²) in [6, 6.07) is 2.51. The van der Waals surface area contributed by atoms with Gasteiger partial charge in [-0.15, -0.1) is 11.6 Å². The summed E-state index contributed by atoms with van der Waals surface area (Å²) in [6.07, 6.45) is 2.76. The highest BCUT2D eigenvalue weighted by Crippen LogP contribution is 1.97. The number of H-pyrrole nitrogens is 1. The summed E-state index contributed by atoms with van der Waals surface area (Å²) in [5.41, 5.74) is -0.419. The smallest absolute Gasteiger partial charge is 0.265 e. The lowest BCUT2D eigenvalue weighted by Crippen LogP contribution is -2.27. The zero-order chi connectivity index (χ0) is 10.4. The molecule has 0 atom stereocenters. The number of unbranched alkanes of at least 4 members (excludes halogenated alkanes) is 2. The number of halogens is 1. The first-order valence-corrected chi connectivity index (χ1v) is 5.13. The molecule has 0 fully saturated rings. The van der Waals surface area contributed by atoms with Gasteiger partial charge in [0.2, 0.25) is 0 Å². The first-order chi connectivity index (χ1) is 6.74. The maximum Gasteiger partial charge on any atom is 0.265 e. The van der Waals surface area contributed by atoms with Crippen molar-refractivity contribution in [2.24, 2.45) is 0 Å². The van der Waals surface area contributed by atoms with E-state index in [-0.39, 0.29) is 11.1 Å². The number of aromatic amines is 1. The highest BCUT2D eigenvalue weighted by atomic mass is 35.5. The van der Waals surface area contributed by atoms with Crippen molar-refractivity contribution < 1.29 is 0 Å². The number of hydrogen-bond donors (Lipinski definition) is 1. The van der Waals surface area contributed by atoms with Gasteiger partial charge < -0.3 is 0 Å². The molecule has 1 aromatic rings. The van der Waals surface area contributed by atoms with E-state index in [9.17, 15) is 9.59 Å². The zero-order valence-electron chi connectivity index (χ0n) is 7.83. The standard InChI is InChI=1S/C9H13ClN2O2/c10-6-2-1-3-7-12-9(14)5-4-8(13)11-12/h4-5H,1-3,6-7H2,(H,11,13). The average molecular weight is 217 g/mol. The van der Waals surface area contributed by atoms with Crippen molar-refractivity contribution in [3.8, 4) is 0 Å². The predicted octanol–water partition coefficient (Wildman–Crippen LogP) is 0.946. The van der Waals surface area contributed by atoms with Gasteiger partial charge in [-0.2, -0.15) is 0 Å². The van der Waals surface area contributed by atoms with Gasteiger partial charge in [0.25, 0.3) is 11.1 Å². The Morgan fingerprint density at radius 2 is 2.00 bits per heavy atom. The van der Waals surface area contributed by atoms with Gasteiger partial charge >= 0.3 is 0 Å². The fraction of sp³-hybridized carbons (Fsp3) is 0.556. The van der Waals surface area contributed by atoms with Crippen LogP contribution in [0.25, 0.3) is 0 Å². The molecule has 0 aliphatic rings. The van der Waals surface area contributed by atoms with E-state index in [1.54, 1.807) is 0 Å². The molecule has 78 valence electrons. The SMILES string of the molecule is O=c1ccc(=O)n(CCCCCCl)[nH]1. The highest BCUT2D eigenvalue weighted by Gasteiger charge is 1.95. The van der Waals surface area contributed by atoms with Crippen molar-refractivity contribution in [2.75, 3.05) is 5.88 Å². The lowest BCUT2D eigenvalue weighted by atomic mass is 10.2. The van der Waals surface area contributed by atoms with Gasteiger partial charge in [0, 0.05) is 24.6 Å². The van der Waals surface area contributed by atoms with E-state index in [1.807, 2.05) is 0 Å². The van der Waals surface area contributed by atoms with Crippen LogP contribution in [0.3, 0.4) is 0 Å². The van der Waals surface area contributed by atoms with Crippen LogP contribution in [0.15, 0.2) is 21.7 Å². The van der Waals surface area contributed by atoms with Gasteiger partial charge in [-0.05, 0) is 12.8 Å². The summed E-state index contributed by atoms with van der Waals surface area (Å²) in [7, 11) is 0. The van der Waals surface area contributed by atoms with E-state index in [4.69, 9.17) is 11.6 Å². The van der Waals surface area contributed by atoms with Gasteiger partial charge in [0.1, 0.15) is 0 Å². The van der Waals surface area contributed by atoms with E-state index in [0.717, 1.165) is 19.3 Å². The molecule has 1 rings (SSSR count). The van der Waals surface area contributed by atoms with Gasteiger partial charge in [-0.3, -0.25) is 19.4 Å². The molecule has 0 aliphatic carbocycles. The number of nitrogens with one attached hydrogen (secondary N) is 1. The van der Waals surface area contributed by atoms with Crippen LogP contribution in [0.5, 0.6) is 0 Å². The minimum absolute atomic E-state index is 0.171. The average Bonchev–Trinajstić information content (AvgIpc) is 2.18. The van der Waals surface area contributed by atoms with Crippen molar-refractivity contribution >= 4 is 11.6 Å². The van der Waals surface area contributed by atoms with Crippen molar-refractivity contribution in [3.63, 3.8) is 0 Å². The fourth-order valence-electron chi connectivity index (χ4n) is 1.17. The van der Waals surface area contributed by atoms with Crippen molar-refractivity contribution in [3.05, 3.63) is 32.8 Å². The Morgan fingerprint density at radius 1 is 1.21 bits per heavy atom. The summed E-state index contributed by atoms with van der Waals surface area (Å²) in [6.45, 7) is 0.547. The summed E-state index contributed by atoms with van der Waals surface area (Å²) in [5, 5.41) is 2.47. The Bertz CT molecular complexity index is 383. The molecular weight excluding hydrogens is 204 g/mol. The molecule has 0 aromatic carbocycles. The molecule has 0 saturated carbocycles. The molecule has 0 bridgehead atoms. The van der Waals surface area contributed by atoms with E-state index < -0.39 is 0 Å². The number of alkyl halides is 1. The second kappa shape index (κ2) is 5.65. The highest BCUT2D eigenvalue weighted by molar-refractivity contribution is 6.17. The second-order valence-electron chi connectivity index (χ2n) is 3.05. The van der Waals surface area contributed by atoms with Gasteiger partial charge in [-0.1, -0.05) is 6.42 Å². The molecule has 4 nitrogen and oxygen atoms in total. The maximum atomic E-state index is 11.2. The second-order valence-corrected chi connectivity index (χ2v) is 3.43. The van der Waals surface area contributed by atoms with Crippen LogP contribution in [-0.2, 0) is 6.54 Å². The van der Waals surface area contributed by atoms with E-state index in [1.165, 1.54) is 16.8 Å². The Hall–Kier alpha value is -1.03. The number of aromatic nitrogens is 2. The minimum atomic E-state index is -0.248. The van der Waals surface area contributed by atoms with E-state index in [2.05, 4.69) is 5.10 Å². The molecule has 5 heteroatoms. The van der Waals surface area contributed by atoms with Gasteiger partial charge in [0.05, 0.1) is 0 Å². The molecule has 0 aliphatic heterocycles. The molecular formula is C9H13ClN2O2. The molecule has 0 amide bonds. The number of nitrogens with zero attached hydrogens (tertiary/aromatic N) is 1. The quantitative estimate of drug-likeness (QED) is 0.589. The largest absolute Gasteiger partial charge is 0.268 e. The molecule has 1 N–H and O–H groups in total. The van der Waals surface area contributed by atoms with Gasteiger partial charge in [0.15, 0.2) is 0 Å². The first-order valence-electron chi connectivity index (χ1n) is 4.60. The summed E-state index contributed by atoms with van der Waals surface area (Å²) in [5.74, 6) is 0.639. The molecule has 1 aromatic heterocycles. The number of aryl methyl sites for hydroxylation is 1. The molecule has 1 heterocycles. The predicted molar refractivity (Wildman–Crippen MR) is 55.9 cm³/mol. The Labute approximate surface area is 86.5 Å². The van der Waals surface area contributed by atoms with Crippen molar-refractivity contribution in [1.29, 1.82) is 0 Å². The van der Waals surface area contributed by atoms with Crippen LogP contribution in [0, 0.1) is 0 Å². The summed E-state index contributed by atoms with van der Waals surface area (Å²) in [4.78, 5) is 22.1. The summed E-state index contributed by atoms with van der Waals surface area (Å²) < 4.78 is 1.33. The Morgan fingerprint density at radius 3 is 2.71 bits per heavy atom. The van der Waals surface area contributed by atoms with Crippen LogP contribution in [0.1, 0.15) is 19.3 Å². The lowest BCUT2D eigenvalue weighted by Gasteiger charge is -2.03. The number of hydrogen-bond acceptors (Lipinski definition) is 2. The third-order valence-electron chi connectivity index (χ3n) is 1.90. The fourth-order valence-corrected chi connectivity index (χ4v) is 1.36. The van der Waals surface area contributed by atoms with Crippen molar-refractivity contribution in [2.45, 2.75) is 25.8 Å². The first kappa shape index (κ1) is 11.0. The zero-order valence-corrected chi connectivity index (χ0v) is 8.59. The lowest BCUT2D eigenvalue weighted by molar-refractivity contribution is 0.523. The molecule has 14 heavy (non-hydrogen) atoms.